The van der Waals surface area contributed by atoms with Gasteiger partial charge < -0.3 is 24.8 Å². The third-order valence-corrected chi connectivity index (χ3v) is 4.73. The number of rotatable bonds is 10. The van der Waals surface area contributed by atoms with Crippen LogP contribution < -0.4 is 15.4 Å². The SMILES string of the molecule is CCOCCOc1cccc(C(=O)Nc2ccccc2C(=O)NCC2CCCO2)c1. The van der Waals surface area contributed by atoms with Crippen molar-refractivity contribution in [1.29, 1.82) is 0 Å². The topological polar surface area (TPSA) is 85.9 Å². The van der Waals surface area contributed by atoms with Crippen LogP contribution in [-0.4, -0.2) is 50.9 Å². The number of nitrogens with one attached hydrogen (secondary N) is 2. The number of hydrogen-bond acceptors (Lipinski definition) is 5. The summed E-state index contributed by atoms with van der Waals surface area (Å²) in [4.78, 5) is 25.4. The van der Waals surface area contributed by atoms with E-state index in [1.54, 1.807) is 48.5 Å². The highest BCUT2D eigenvalue weighted by Crippen LogP contribution is 2.19. The van der Waals surface area contributed by atoms with E-state index >= 15 is 0 Å². The van der Waals surface area contributed by atoms with E-state index < -0.39 is 0 Å². The van der Waals surface area contributed by atoms with Gasteiger partial charge in [-0.3, -0.25) is 9.59 Å². The molecule has 0 spiro atoms. The highest BCUT2D eigenvalue weighted by atomic mass is 16.5. The van der Waals surface area contributed by atoms with Crippen LogP contribution in [0.2, 0.25) is 0 Å². The zero-order valence-electron chi connectivity index (χ0n) is 17.2. The summed E-state index contributed by atoms with van der Waals surface area (Å²) in [6, 6.07) is 13.9. The lowest BCUT2D eigenvalue weighted by molar-refractivity contribution is 0.0858. The van der Waals surface area contributed by atoms with E-state index in [4.69, 9.17) is 14.2 Å². The van der Waals surface area contributed by atoms with Crippen LogP contribution >= 0.6 is 0 Å². The number of amides is 2. The lowest BCUT2D eigenvalue weighted by Crippen LogP contribution is -2.32. The van der Waals surface area contributed by atoms with Crippen LogP contribution in [-0.2, 0) is 9.47 Å². The summed E-state index contributed by atoms with van der Waals surface area (Å²) >= 11 is 0. The molecule has 0 radical (unpaired) electrons. The number of ether oxygens (including phenoxy) is 3. The molecule has 2 aromatic rings. The lowest BCUT2D eigenvalue weighted by Gasteiger charge is -2.14. The van der Waals surface area contributed by atoms with Gasteiger partial charge in [-0.15, -0.1) is 0 Å². The van der Waals surface area contributed by atoms with Crippen LogP contribution in [0.4, 0.5) is 5.69 Å². The van der Waals surface area contributed by atoms with Crippen molar-refractivity contribution in [3.63, 3.8) is 0 Å². The average molecular weight is 412 g/mol. The predicted octanol–water partition coefficient (Wildman–Crippen LogP) is 3.26. The van der Waals surface area contributed by atoms with Crippen molar-refractivity contribution in [2.75, 3.05) is 38.3 Å². The largest absolute Gasteiger partial charge is 0.491 e. The van der Waals surface area contributed by atoms with Gasteiger partial charge in [0, 0.05) is 25.3 Å². The van der Waals surface area contributed by atoms with E-state index in [0.29, 0.717) is 48.9 Å². The maximum Gasteiger partial charge on any atom is 0.255 e. The van der Waals surface area contributed by atoms with Crippen LogP contribution in [0, 0.1) is 0 Å². The number of carbonyl (C=O) groups excluding carboxylic acids is 2. The smallest absolute Gasteiger partial charge is 0.255 e. The first-order valence-electron chi connectivity index (χ1n) is 10.3. The Hall–Kier alpha value is -2.90. The second-order valence-electron chi connectivity index (χ2n) is 6.92. The van der Waals surface area contributed by atoms with Gasteiger partial charge in [0.25, 0.3) is 11.8 Å². The number of anilines is 1. The van der Waals surface area contributed by atoms with Gasteiger partial charge >= 0.3 is 0 Å². The fourth-order valence-electron chi connectivity index (χ4n) is 3.18. The molecule has 3 rings (SSSR count). The molecular weight excluding hydrogens is 384 g/mol. The molecule has 7 nitrogen and oxygen atoms in total. The van der Waals surface area contributed by atoms with Gasteiger partial charge in [0.2, 0.25) is 0 Å². The zero-order valence-corrected chi connectivity index (χ0v) is 17.2. The number of benzene rings is 2. The molecule has 1 heterocycles. The molecule has 7 heteroatoms. The van der Waals surface area contributed by atoms with E-state index in [0.717, 1.165) is 19.4 Å². The second kappa shape index (κ2) is 11.3. The Bertz CT molecular complexity index is 849. The van der Waals surface area contributed by atoms with Crippen molar-refractivity contribution in [1.82, 2.24) is 5.32 Å². The van der Waals surface area contributed by atoms with Crippen LogP contribution in [0.1, 0.15) is 40.5 Å². The van der Waals surface area contributed by atoms with E-state index in [-0.39, 0.29) is 17.9 Å². The molecule has 0 aliphatic carbocycles. The quantitative estimate of drug-likeness (QED) is 0.585. The van der Waals surface area contributed by atoms with Crippen molar-refractivity contribution in [3.05, 3.63) is 59.7 Å². The molecule has 1 aliphatic rings. The van der Waals surface area contributed by atoms with E-state index in [1.807, 2.05) is 6.92 Å². The molecule has 1 unspecified atom stereocenters. The first kappa shape index (κ1) is 21.8. The minimum atomic E-state index is -0.315. The lowest BCUT2D eigenvalue weighted by atomic mass is 10.1. The molecule has 2 amide bonds. The maximum absolute atomic E-state index is 12.7. The van der Waals surface area contributed by atoms with Crippen LogP contribution in [0.3, 0.4) is 0 Å². The summed E-state index contributed by atoms with van der Waals surface area (Å²) in [5.74, 6) is 0.0315. The third-order valence-electron chi connectivity index (χ3n) is 4.73. The van der Waals surface area contributed by atoms with Crippen LogP contribution in [0.5, 0.6) is 5.75 Å². The summed E-state index contributed by atoms with van der Waals surface area (Å²) in [6.45, 7) is 4.65. The summed E-state index contributed by atoms with van der Waals surface area (Å²) in [7, 11) is 0. The molecule has 160 valence electrons. The Morgan fingerprint density at radius 3 is 2.77 bits per heavy atom. The maximum atomic E-state index is 12.7. The standard InChI is InChI=1S/C23H28N2O5/c1-2-28-13-14-30-18-8-5-7-17(15-18)22(26)25-21-11-4-3-10-20(21)23(27)24-16-19-9-6-12-29-19/h3-5,7-8,10-11,15,19H,2,6,9,12-14,16H2,1H3,(H,24,27)(H,25,26). The normalized spacial score (nSPS) is 15.6. The Labute approximate surface area is 176 Å². The summed E-state index contributed by atoms with van der Waals surface area (Å²) < 4.78 is 16.4. The van der Waals surface area contributed by atoms with Gasteiger partial charge in [-0.05, 0) is 50.1 Å². The van der Waals surface area contributed by atoms with Crippen molar-refractivity contribution in [2.24, 2.45) is 0 Å². The minimum absolute atomic E-state index is 0.0566. The number of hydrogen-bond donors (Lipinski definition) is 2. The van der Waals surface area contributed by atoms with Gasteiger partial charge in [-0.25, -0.2) is 0 Å². The minimum Gasteiger partial charge on any atom is -0.491 e. The van der Waals surface area contributed by atoms with Crippen LogP contribution in [0.25, 0.3) is 0 Å². The van der Waals surface area contributed by atoms with Gasteiger partial charge in [0.15, 0.2) is 0 Å². The number of carbonyl (C=O) groups is 2. The van der Waals surface area contributed by atoms with Gasteiger partial charge in [0.05, 0.1) is 24.0 Å². The van der Waals surface area contributed by atoms with Crippen molar-refractivity contribution in [3.8, 4) is 5.75 Å². The van der Waals surface area contributed by atoms with Crippen molar-refractivity contribution in [2.45, 2.75) is 25.9 Å². The molecule has 0 saturated carbocycles. The number of para-hydroxylation sites is 1. The Balaban J connectivity index is 1.61. The Morgan fingerprint density at radius 2 is 1.97 bits per heavy atom. The first-order chi connectivity index (χ1) is 14.7. The molecule has 1 fully saturated rings. The molecule has 1 aliphatic heterocycles. The molecule has 0 aromatic heterocycles. The molecule has 1 atom stereocenters. The molecular formula is C23H28N2O5. The Morgan fingerprint density at radius 1 is 1.10 bits per heavy atom. The monoisotopic (exact) mass is 412 g/mol. The Kier molecular flexibility index (Phi) is 8.23. The van der Waals surface area contributed by atoms with Crippen LogP contribution in [0.15, 0.2) is 48.5 Å². The predicted molar refractivity (Wildman–Crippen MR) is 114 cm³/mol. The fraction of sp³-hybridized carbons (Fsp3) is 0.391. The molecule has 0 bridgehead atoms. The van der Waals surface area contributed by atoms with E-state index in [1.165, 1.54) is 0 Å². The highest BCUT2D eigenvalue weighted by molar-refractivity contribution is 6.09. The summed E-state index contributed by atoms with van der Waals surface area (Å²) in [5, 5.41) is 5.72. The molecule has 2 N–H and O–H groups in total. The molecule has 2 aromatic carbocycles. The first-order valence-corrected chi connectivity index (χ1v) is 10.3. The van der Waals surface area contributed by atoms with E-state index in [2.05, 4.69) is 10.6 Å². The van der Waals surface area contributed by atoms with Gasteiger partial charge in [0.1, 0.15) is 12.4 Å². The van der Waals surface area contributed by atoms with Crippen molar-refractivity contribution >= 4 is 17.5 Å². The zero-order chi connectivity index (χ0) is 21.2. The molecule has 1 saturated heterocycles. The summed E-state index contributed by atoms with van der Waals surface area (Å²) in [6.07, 6.45) is 2.02. The third kappa shape index (κ3) is 6.30. The molecule has 30 heavy (non-hydrogen) atoms. The van der Waals surface area contributed by atoms with Crippen molar-refractivity contribution < 1.29 is 23.8 Å². The van der Waals surface area contributed by atoms with Gasteiger partial charge in [-0.1, -0.05) is 18.2 Å². The second-order valence-corrected chi connectivity index (χ2v) is 6.92. The van der Waals surface area contributed by atoms with Gasteiger partial charge in [-0.2, -0.15) is 0 Å². The summed E-state index contributed by atoms with van der Waals surface area (Å²) in [5.41, 5.74) is 1.31. The fourth-order valence-corrected chi connectivity index (χ4v) is 3.18. The van der Waals surface area contributed by atoms with E-state index in [9.17, 15) is 9.59 Å². The average Bonchev–Trinajstić information content (AvgIpc) is 3.29. The highest BCUT2D eigenvalue weighted by Gasteiger charge is 2.18.